The maximum Gasteiger partial charge on any atom is 0.294 e. The Bertz CT molecular complexity index is 1150. The number of benzene rings is 2. The van der Waals surface area contributed by atoms with E-state index in [-0.39, 0.29) is 23.5 Å². The molecule has 0 bridgehead atoms. The number of methoxy groups -OCH3 is 1. The molecule has 176 valence electrons. The predicted molar refractivity (Wildman–Crippen MR) is 128 cm³/mol. The summed E-state index contributed by atoms with van der Waals surface area (Å²) in [5.41, 5.74) is 1.28. The number of carbonyl (C=O) groups excluding carboxylic acids is 3. The number of nitrogens with zero attached hydrogens (tertiary/aromatic N) is 1. The van der Waals surface area contributed by atoms with Crippen LogP contribution in [0, 0.1) is 0 Å². The van der Waals surface area contributed by atoms with Gasteiger partial charge < -0.3 is 14.5 Å². The van der Waals surface area contributed by atoms with Crippen LogP contribution in [-0.4, -0.2) is 30.7 Å². The van der Waals surface area contributed by atoms with Gasteiger partial charge in [-0.15, -0.1) is 0 Å². The average molecular weight is 461 g/mol. The number of rotatable bonds is 8. The van der Waals surface area contributed by atoms with Gasteiger partial charge in [0.1, 0.15) is 11.8 Å². The van der Waals surface area contributed by atoms with Crippen LogP contribution in [0.25, 0.3) is 0 Å². The number of ether oxygens (including phenoxy) is 1. The Morgan fingerprint density at radius 3 is 2.32 bits per heavy atom. The lowest BCUT2D eigenvalue weighted by Crippen LogP contribution is -2.46. The van der Waals surface area contributed by atoms with E-state index in [1.807, 2.05) is 0 Å². The molecule has 2 amide bonds. The van der Waals surface area contributed by atoms with Crippen LogP contribution in [0.5, 0.6) is 5.75 Å². The molecule has 2 aromatic carbocycles. The van der Waals surface area contributed by atoms with Crippen molar-refractivity contribution >= 4 is 23.3 Å². The lowest BCUT2D eigenvalue weighted by Gasteiger charge is -2.32. The van der Waals surface area contributed by atoms with E-state index in [1.165, 1.54) is 18.1 Å². The molecule has 7 nitrogen and oxygen atoms in total. The van der Waals surface area contributed by atoms with Crippen LogP contribution in [0.2, 0.25) is 0 Å². The number of hydrogen-bond acceptors (Lipinski definition) is 5. The third kappa shape index (κ3) is 4.88. The summed E-state index contributed by atoms with van der Waals surface area (Å²) in [6.07, 6.45) is 5.32. The Morgan fingerprint density at radius 1 is 1.00 bits per heavy atom. The van der Waals surface area contributed by atoms with E-state index in [0.29, 0.717) is 22.6 Å². The normalized spacial score (nSPS) is 14.4. The van der Waals surface area contributed by atoms with Crippen molar-refractivity contribution in [3.8, 4) is 5.75 Å². The van der Waals surface area contributed by atoms with Gasteiger partial charge in [0.25, 0.3) is 5.91 Å². The summed E-state index contributed by atoms with van der Waals surface area (Å²) >= 11 is 0. The molecule has 0 aliphatic heterocycles. The second-order valence-corrected chi connectivity index (χ2v) is 8.39. The van der Waals surface area contributed by atoms with Crippen LogP contribution < -0.4 is 15.0 Å². The van der Waals surface area contributed by atoms with Crippen molar-refractivity contribution in [1.82, 2.24) is 5.32 Å². The number of anilines is 1. The number of nitrogens with one attached hydrogen (secondary N) is 1. The highest BCUT2D eigenvalue weighted by atomic mass is 16.5. The zero-order valence-electron chi connectivity index (χ0n) is 19.3. The van der Waals surface area contributed by atoms with Crippen molar-refractivity contribution in [2.75, 3.05) is 12.0 Å². The van der Waals surface area contributed by atoms with Crippen LogP contribution in [0.4, 0.5) is 5.69 Å². The molecule has 1 aromatic heterocycles. The van der Waals surface area contributed by atoms with Gasteiger partial charge in [-0.2, -0.15) is 0 Å². The summed E-state index contributed by atoms with van der Waals surface area (Å²) in [5, 5.41) is 3.13. The van der Waals surface area contributed by atoms with Crippen molar-refractivity contribution in [1.29, 1.82) is 0 Å². The molecule has 3 aromatic rings. The van der Waals surface area contributed by atoms with Crippen molar-refractivity contribution < 1.29 is 23.5 Å². The number of furan rings is 1. The fourth-order valence-electron chi connectivity index (χ4n) is 4.42. The molecular weight excluding hydrogens is 432 g/mol. The Morgan fingerprint density at radius 2 is 1.71 bits per heavy atom. The highest BCUT2D eigenvalue weighted by Gasteiger charge is 2.37. The second kappa shape index (κ2) is 10.4. The standard InChI is InChI=1S/C27H28N2O5/c1-18(30)22-10-5-6-11-23(22)29(27(32)24-12-7-17-34-24)25(19-13-15-21(33-2)16-14-19)26(31)28-20-8-3-4-9-20/h5-7,10-17,20,25H,3-4,8-9H2,1-2H3,(H,28,31)/t25-/m0/s1. The molecule has 4 rings (SSSR count). The molecule has 1 aliphatic carbocycles. The first-order chi connectivity index (χ1) is 16.5. The van der Waals surface area contributed by atoms with Gasteiger partial charge in [0.2, 0.25) is 5.91 Å². The van der Waals surface area contributed by atoms with Crippen molar-refractivity contribution in [2.24, 2.45) is 0 Å². The summed E-state index contributed by atoms with van der Waals surface area (Å²) in [4.78, 5) is 41.4. The van der Waals surface area contributed by atoms with Crippen LogP contribution >= 0.6 is 0 Å². The van der Waals surface area contributed by atoms with E-state index in [1.54, 1.807) is 67.8 Å². The first kappa shape index (κ1) is 23.3. The molecule has 1 N–H and O–H groups in total. The molecule has 1 fully saturated rings. The molecular formula is C27H28N2O5. The Balaban J connectivity index is 1.86. The zero-order valence-corrected chi connectivity index (χ0v) is 19.3. The van der Waals surface area contributed by atoms with Crippen LogP contribution in [-0.2, 0) is 4.79 Å². The summed E-state index contributed by atoms with van der Waals surface area (Å²) in [7, 11) is 1.56. The van der Waals surface area contributed by atoms with Gasteiger partial charge in [0.15, 0.2) is 11.5 Å². The molecule has 0 spiro atoms. The van der Waals surface area contributed by atoms with Crippen LogP contribution in [0.15, 0.2) is 71.3 Å². The van der Waals surface area contributed by atoms with E-state index in [2.05, 4.69) is 5.32 Å². The highest BCUT2D eigenvalue weighted by Crippen LogP contribution is 2.34. The molecule has 1 heterocycles. The minimum Gasteiger partial charge on any atom is -0.497 e. The molecule has 0 unspecified atom stereocenters. The van der Waals surface area contributed by atoms with Gasteiger partial charge in [-0.25, -0.2) is 0 Å². The average Bonchev–Trinajstić information content (AvgIpc) is 3.57. The number of ketones is 1. The smallest absolute Gasteiger partial charge is 0.294 e. The maximum atomic E-state index is 13.8. The molecule has 34 heavy (non-hydrogen) atoms. The summed E-state index contributed by atoms with van der Waals surface area (Å²) < 4.78 is 10.7. The second-order valence-electron chi connectivity index (χ2n) is 8.39. The molecule has 0 radical (unpaired) electrons. The number of para-hydroxylation sites is 1. The summed E-state index contributed by atoms with van der Waals surface area (Å²) in [6.45, 7) is 1.44. The number of carbonyl (C=O) groups is 3. The van der Waals surface area contributed by atoms with Gasteiger partial charge in [0.05, 0.1) is 19.1 Å². The quantitative estimate of drug-likeness (QED) is 0.481. The predicted octanol–water partition coefficient (Wildman–Crippen LogP) is 4.94. The lowest BCUT2D eigenvalue weighted by atomic mass is 9.99. The maximum absolute atomic E-state index is 13.8. The molecule has 1 saturated carbocycles. The first-order valence-electron chi connectivity index (χ1n) is 11.4. The largest absolute Gasteiger partial charge is 0.497 e. The molecule has 7 heteroatoms. The van der Waals surface area contributed by atoms with Crippen LogP contribution in [0.3, 0.4) is 0 Å². The van der Waals surface area contributed by atoms with Crippen molar-refractivity contribution in [3.05, 3.63) is 83.8 Å². The monoisotopic (exact) mass is 460 g/mol. The van der Waals surface area contributed by atoms with Gasteiger partial charge in [-0.3, -0.25) is 19.3 Å². The number of hydrogen-bond donors (Lipinski definition) is 1. The Kier molecular flexibility index (Phi) is 7.11. The lowest BCUT2D eigenvalue weighted by molar-refractivity contribution is -0.123. The SMILES string of the molecule is COc1ccc([C@@H](C(=O)NC2CCCC2)N(C(=O)c2ccco2)c2ccccc2C(C)=O)cc1. The third-order valence-corrected chi connectivity index (χ3v) is 6.13. The fraction of sp³-hybridized carbons (Fsp3) is 0.296. The van der Waals surface area contributed by atoms with E-state index >= 15 is 0 Å². The molecule has 1 aliphatic rings. The minimum atomic E-state index is -1.02. The van der Waals surface area contributed by atoms with Crippen molar-refractivity contribution in [2.45, 2.75) is 44.7 Å². The Hall–Kier alpha value is -3.87. The fourth-order valence-corrected chi connectivity index (χ4v) is 4.42. The minimum absolute atomic E-state index is 0.0527. The molecule has 0 saturated heterocycles. The first-order valence-corrected chi connectivity index (χ1v) is 11.4. The van der Waals surface area contributed by atoms with E-state index in [0.717, 1.165) is 25.7 Å². The van der Waals surface area contributed by atoms with Crippen LogP contribution in [0.1, 0.15) is 65.1 Å². The van der Waals surface area contributed by atoms with Crippen molar-refractivity contribution in [3.63, 3.8) is 0 Å². The summed E-state index contributed by atoms with van der Waals surface area (Å²) in [6, 6.07) is 16.0. The van der Waals surface area contributed by atoms with E-state index in [9.17, 15) is 14.4 Å². The summed E-state index contributed by atoms with van der Waals surface area (Å²) in [5.74, 6) is -0.328. The third-order valence-electron chi connectivity index (χ3n) is 6.13. The number of amides is 2. The van der Waals surface area contributed by atoms with E-state index < -0.39 is 11.9 Å². The number of Topliss-reactive ketones (excluding diaryl/α,β-unsaturated/α-hetero) is 1. The van der Waals surface area contributed by atoms with Gasteiger partial charge in [-0.05, 0) is 61.7 Å². The zero-order chi connectivity index (χ0) is 24.1. The van der Waals surface area contributed by atoms with E-state index in [4.69, 9.17) is 9.15 Å². The highest BCUT2D eigenvalue weighted by molar-refractivity contribution is 6.12. The molecule has 1 atom stereocenters. The van der Waals surface area contributed by atoms with Gasteiger partial charge >= 0.3 is 0 Å². The van der Waals surface area contributed by atoms with Gasteiger partial charge in [0, 0.05) is 11.6 Å². The van der Waals surface area contributed by atoms with Gasteiger partial charge in [-0.1, -0.05) is 37.1 Å². The Labute approximate surface area is 198 Å². The topological polar surface area (TPSA) is 88.8 Å².